The van der Waals surface area contributed by atoms with Gasteiger partial charge in [0.15, 0.2) is 12.4 Å². The molecule has 2 aliphatic rings. The van der Waals surface area contributed by atoms with E-state index in [2.05, 4.69) is 0 Å². The molecular formula is C16H18O7. The van der Waals surface area contributed by atoms with E-state index in [4.69, 9.17) is 23.7 Å². The monoisotopic (exact) mass is 322 g/mol. The molecule has 1 unspecified atom stereocenters. The fourth-order valence-electron chi connectivity index (χ4n) is 2.69. The zero-order valence-electron chi connectivity index (χ0n) is 12.8. The normalized spacial score (nSPS) is 33.8. The maximum Gasteiger partial charge on any atom is 0.303 e. The number of hydrogen-bond donors (Lipinski definition) is 0. The third-order valence-corrected chi connectivity index (χ3v) is 3.73. The average Bonchev–Trinajstić information content (AvgIpc) is 2.57. The summed E-state index contributed by atoms with van der Waals surface area (Å²) in [5.74, 6) is -0.966. The topological polar surface area (TPSA) is 80.3 Å². The predicted molar refractivity (Wildman–Crippen MR) is 76.2 cm³/mol. The van der Waals surface area contributed by atoms with Gasteiger partial charge in [0.05, 0.1) is 6.61 Å². The first-order valence-electron chi connectivity index (χ1n) is 7.31. The van der Waals surface area contributed by atoms with Crippen molar-refractivity contribution < 1.29 is 33.3 Å². The van der Waals surface area contributed by atoms with Gasteiger partial charge in [-0.3, -0.25) is 9.59 Å². The van der Waals surface area contributed by atoms with Crippen LogP contribution in [0.4, 0.5) is 0 Å². The lowest BCUT2D eigenvalue weighted by molar-refractivity contribution is -0.314. The molecule has 5 atom stereocenters. The molecule has 0 bridgehead atoms. The van der Waals surface area contributed by atoms with Crippen molar-refractivity contribution in [1.82, 2.24) is 0 Å². The van der Waals surface area contributed by atoms with Crippen LogP contribution in [0.25, 0.3) is 0 Å². The van der Waals surface area contributed by atoms with Gasteiger partial charge < -0.3 is 23.7 Å². The van der Waals surface area contributed by atoms with E-state index in [0.29, 0.717) is 0 Å². The van der Waals surface area contributed by atoms with E-state index >= 15 is 0 Å². The fourth-order valence-corrected chi connectivity index (χ4v) is 2.69. The highest BCUT2D eigenvalue weighted by Crippen LogP contribution is 2.33. The highest BCUT2D eigenvalue weighted by Gasteiger charge is 2.51. The predicted octanol–water partition coefficient (Wildman–Crippen LogP) is 0.973. The van der Waals surface area contributed by atoms with Crippen LogP contribution in [-0.2, 0) is 33.3 Å². The van der Waals surface area contributed by atoms with Crippen molar-refractivity contribution in [1.29, 1.82) is 0 Å². The van der Waals surface area contributed by atoms with Gasteiger partial charge in [-0.15, -0.1) is 0 Å². The second-order valence-corrected chi connectivity index (χ2v) is 5.34. The molecule has 2 heterocycles. The molecule has 0 aromatic heterocycles. The molecule has 2 fully saturated rings. The van der Waals surface area contributed by atoms with Crippen molar-refractivity contribution in [3.63, 3.8) is 0 Å². The fraction of sp³-hybridized carbons (Fsp3) is 0.500. The van der Waals surface area contributed by atoms with E-state index in [9.17, 15) is 9.59 Å². The van der Waals surface area contributed by atoms with Crippen molar-refractivity contribution in [2.75, 3.05) is 13.7 Å². The maximum atomic E-state index is 12.6. The van der Waals surface area contributed by atoms with Gasteiger partial charge in [0, 0.05) is 19.6 Å². The minimum absolute atomic E-state index is 0.183. The molecule has 1 aromatic rings. The molecular weight excluding hydrogens is 304 g/mol. The Hall–Kier alpha value is -1.80. The molecule has 2 aliphatic heterocycles. The summed E-state index contributed by atoms with van der Waals surface area (Å²) in [6.45, 7) is 1.41. The van der Waals surface area contributed by atoms with E-state index in [1.54, 1.807) is 0 Å². The Bertz CT molecular complexity index is 573. The number of fused-ring (bicyclic) bond motifs is 1. The van der Waals surface area contributed by atoms with E-state index in [-0.39, 0.29) is 12.4 Å². The van der Waals surface area contributed by atoms with Gasteiger partial charge in [-0.05, 0) is 0 Å². The van der Waals surface area contributed by atoms with E-state index < -0.39 is 36.9 Å². The molecule has 0 saturated carbocycles. The van der Waals surface area contributed by atoms with Crippen molar-refractivity contribution in [2.24, 2.45) is 0 Å². The molecule has 7 heteroatoms. The summed E-state index contributed by atoms with van der Waals surface area (Å²) in [4.78, 5) is 23.8. The number of carbonyl (C=O) groups excluding carboxylic acids is 2. The molecule has 124 valence electrons. The smallest absolute Gasteiger partial charge is 0.303 e. The molecule has 0 spiro atoms. The average molecular weight is 322 g/mol. The van der Waals surface area contributed by atoms with Crippen LogP contribution >= 0.6 is 0 Å². The number of ketones is 1. The van der Waals surface area contributed by atoms with Crippen LogP contribution in [0.3, 0.4) is 0 Å². The van der Waals surface area contributed by atoms with Crippen molar-refractivity contribution in [2.45, 2.75) is 37.8 Å². The molecule has 2 saturated heterocycles. The van der Waals surface area contributed by atoms with Crippen LogP contribution in [0.1, 0.15) is 18.8 Å². The van der Waals surface area contributed by atoms with Gasteiger partial charge in [-0.2, -0.15) is 0 Å². The molecule has 0 N–H and O–H groups in total. The summed E-state index contributed by atoms with van der Waals surface area (Å²) in [5, 5.41) is 0. The quantitative estimate of drug-likeness (QED) is 0.767. The molecule has 7 nitrogen and oxygen atoms in total. The van der Waals surface area contributed by atoms with E-state index in [1.807, 2.05) is 30.3 Å². The maximum absolute atomic E-state index is 12.6. The Morgan fingerprint density at radius 1 is 1.22 bits per heavy atom. The number of esters is 1. The second-order valence-electron chi connectivity index (χ2n) is 5.34. The summed E-state index contributed by atoms with van der Waals surface area (Å²) in [5.41, 5.74) is 0.802. The minimum atomic E-state index is -1.15. The molecule has 3 rings (SSSR count). The molecule has 0 radical (unpaired) electrons. The van der Waals surface area contributed by atoms with Gasteiger partial charge in [0.25, 0.3) is 0 Å². The van der Waals surface area contributed by atoms with Crippen LogP contribution in [0.5, 0.6) is 0 Å². The summed E-state index contributed by atoms with van der Waals surface area (Å²) >= 11 is 0. The third-order valence-electron chi connectivity index (χ3n) is 3.73. The SMILES string of the molecule is CO[C@H]1O[C@@H]2COC(c3ccccc3)O[C@@H]2C(=O)[C@@H]1OC(C)=O. The van der Waals surface area contributed by atoms with Crippen molar-refractivity contribution in [3.8, 4) is 0 Å². The van der Waals surface area contributed by atoms with E-state index in [1.165, 1.54) is 14.0 Å². The highest BCUT2D eigenvalue weighted by molar-refractivity contribution is 5.90. The van der Waals surface area contributed by atoms with E-state index in [0.717, 1.165) is 5.56 Å². The lowest BCUT2D eigenvalue weighted by atomic mass is 9.99. The number of hydrogen-bond acceptors (Lipinski definition) is 7. The van der Waals surface area contributed by atoms with Crippen molar-refractivity contribution in [3.05, 3.63) is 35.9 Å². The van der Waals surface area contributed by atoms with Crippen LogP contribution in [0.15, 0.2) is 30.3 Å². The van der Waals surface area contributed by atoms with Crippen LogP contribution in [0, 0.1) is 0 Å². The number of rotatable bonds is 3. The zero-order valence-corrected chi connectivity index (χ0v) is 12.8. The largest absolute Gasteiger partial charge is 0.449 e. The Morgan fingerprint density at radius 2 is 1.96 bits per heavy atom. The second kappa shape index (κ2) is 6.76. The molecule has 1 aromatic carbocycles. The summed E-state index contributed by atoms with van der Waals surface area (Å²) < 4.78 is 27.2. The summed E-state index contributed by atoms with van der Waals surface area (Å²) in [6, 6.07) is 9.29. The number of methoxy groups -OCH3 is 1. The first-order chi connectivity index (χ1) is 11.1. The Kier molecular flexibility index (Phi) is 4.72. The number of Topliss-reactive ketones (excluding diaryl/α,β-unsaturated/α-hetero) is 1. The summed E-state index contributed by atoms with van der Waals surface area (Å²) in [7, 11) is 1.38. The van der Waals surface area contributed by atoms with Gasteiger partial charge in [-0.1, -0.05) is 30.3 Å². The van der Waals surface area contributed by atoms with Gasteiger partial charge in [0.2, 0.25) is 18.2 Å². The standard InChI is InChI=1S/C16H18O7/c1-9(17)21-14-12(18)13-11(22-16(14)19-2)8-20-15(23-13)10-6-4-3-5-7-10/h3-7,11,13-16H,8H2,1-2H3/t11-,13+,14+,15?,16+/m1/s1. The highest BCUT2D eigenvalue weighted by atomic mass is 16.8. The van der Waals surface area contributed by atoms with Gasteiger partial charge in [-0.25, -0.2) is 0 Å². The Labute approximate surface area is 133 Å². The van der Waals surface area contributed by atoms with Crippen LogP contribution < -0.4 is 0 Å². The Balaban J connectivity index is 1.77. The van der Waals surface area contributed by atoms with Gasteiger partial charge >= 0.3 is 5.97 Å². The number of carbonyl (C=O) groups is 2. The third kappa shape index (κ3) is 3.28. The first-order valence-corrected chi connectivity index (χ1v) is 7.31. The van der Waals surface area contributed by atoms with Gasteiger partial charge in [0.1, 0.15) is 6.10 Å². The molecule has 23 heavy (non-hydrogen) atoms. The molecule has 0 aliphatic carbocycles. The van der Waals surface area contributed by atoms with Crippen LogP contribution in [-0.4, -0.2) is 50.1 Å². The van der Waals surface area contributed by atoms with Crippen LogP contribution in [0.2, 0.25) is 0 Å². The summed E-state index contributed by atoms with van der Waals surface area (Å²) in [6.07, 6.45) is -4.24. The van der Waals surface area contributed by atoms with Crippen molar-refractivity contribution >= 4 is 11.8 Å². The minimum Gasteiger partial charge on any atom is -0.449 e. The number of benzene rings is 1. The number of ether oxygens (including phenoxy) is 5. The molecule has 0 amide bonds. The lowest BCUT2D eigenvalue weighted by Crippen LogP contribution is -2.60. The Morgan fingerprint density at radius 3 is 2.61 bits per heavy atom. The zero-order chi connectivity index (χ0) is 16.4. The lowest BCUT2D eigenvalue weighted by Gasteiger charge is -2.42. The first kappa shape index (κ1) is 16.1.